The predicted octanol–water partition coefficient (Wildman–Crippen LogP) is 0.928. The highest BCUT2D eigenvalue weighted by molar-refractivity contribution is 5.99. The molecule has 5 N–H and O–H groups in total. The molecular formula is C14H19FN4O2. The number of primary amides is 1. The Balaban J connectivity index is 2.03. The molecule has 3 amide bonds. The summed E-state index contributed by atoms with van der Waals surface area (Å²) in [5, 5.41) is 2.56. The van der Waals surface area contributed by atoms with Gasteiger partial charge in [0.15, 0.2) is 0 Å². The summed E-state index contributed by atoms with van der Waals surface area (Å²) in [6.07, 6.45) is 1.76. The molecule has 1 heterocycles. The van der Waals surface area contributed by atoms with Gasteiger partial charge in [0.25, 0.3) is 5.91 Å². The molecule has 0 aromatic heterocycles. The number of carbonyl (C=O) groups is 2. The van der Waals surface area contributed by atoms with Gasteiger partial charge in [-0.05, 0) is 37.0 Å². The van der Waals surface area contributed by atoms with Crippen LogP contribution in [0.15, 0.2) is 18.2 Å². The molecule has 114 valence electrons. The van der Waals surface area contributed by atoms with Crippen molar-refractivity contribution in [2.75, 3.05) is 25.4 Å². The summed E-state index contributed by atoms with van der Waals surface area (Å²) >= 11 is 0. The zero-order valence-corrected chi connectivity index (χ0v) is 11.6. The first-order valence-electron chi connectivity index (χ1n) is 6.85. The van der Waals surface area contributed by atoms with Crippen LogP contribution in [0.1, 0.15) is 23.2 Å². The number of hydrogen-bond acceptors (Lipinski definition) is 3. The lowest BCUT2D eigenvalue weighted by Crippen LogP contribution is -2.44. The lowest BCUT2D eigenvalue weighted by atomic mass is 9.97. The smallest absolute Gasteiger partial charge is 0.312 e. The van der Waals surface area contributed by atoms with Crippen LogP contribution in [0.5, 0.6) is 0 Å². The van der Waals surface area contributed by atoms with E-state index < -0.39 is 11.8 Å². The minimum atomic E-state index is -0.568. The summed E-state index contributed by atoms with van der Waals surface area (Å²) in [6.45, 7) is 1.59. The normalized spacial score (nSPS) is 18.3. The number of benzene rings is 1. The van der Waals surface area contributed by atoms with Gasteiger partial charge in [-0.2, -0.15) is 0 Å². The van der Waals surface area contributed by atoms with Crippen molar-refractivity contribution in [2.24, 2.45) is 11.7 Å². The minimum Gasteiger partial charge on any atom is -0.398 e. The summed E-state index contributed by atoms with van der Waals surface area (Å²) in [5.74, 6) is -0.514. The second kappa shape index (κ2) is 6.43. The van der Waals surface area contributed by atoms with Gasteiger partial charge in [0.05, 0.1) is 5.56 Å². The van der Waals surface area contributed by atoms with Crippen LogP contribution in [0.2, 0.25) is 0 Å². The molecule has 2 rings (SSSR count). The lowest BCUT2D eigenvalue weighted by molar-refractivity contribution is 0.0676. The third-order valence-corrected chi connectivity index (χ3v) is 3.62. The summed E-state index contributed by atoms with van der Waals surface area (Å²) in [4.78, 5) is 24.8. The van der Waals surface area contributed by atoms with Gasteiger partial charge in [-0.3, -0.25) is 4.79 Å². The molecule has 1 fully saturated rings. The van der Waals surface area contributed by atoms with E-state index in [1.807, 2.05) is 0 Å². The summed E-state index contributed by atoms with van der Waals surface area (Å²) in [7, 11) is 0. The van der Waals surface area contributed by atoms with E-state index in [9.17, 15) is 14.0 Å². The number of likely N-dealkylation sites (tertiary alicyclic amines) is 1. The fourth-order valence-corrected chi connectivity index (χ4v) is 2.56. The van der Waals surface area contributed by atoms with E-state index in [0.717, 1.165) is 18.9 Å². The molecule has 21 heavy (non-hydrogen) atoms. The minimum absolute atomic E-state index is 0.136. The van der Waals surface area contributed by atoms with Crippen LogP contribution >= 0.6 is 0 Å². The lowest BCUT2D eigenvalue weighted by Gasteiger charge is -2.33. The van der Waals surface area contributed by atoms with E-state index in [2.05, 4.69) is 5.32 Å². The molecule has 7 heteroatoms. The van der Waals surface area contributed by atoms with E-state index in [1.54, 1.807) is 4.90 Å². The first-order chi connectivity index (χ1) is 9.97. The number of halogens is 1. The van der Waals surface area contributed by atoms with Crippen molar-refractivity contribution in [1.29, 1.82) is 0 Å². The number of hydrogen-bond donors (Lipinski definition) is 3. The molecule has 0 saturated carbocycles. The van der Waals surface area contributed by atoms with Crippen LogP contribution in [0.3, 0.4) is 0 Å². The Bertz CT molecular complexity index is 550. The van der Waals surface area contributed by atoms with Crippen LogP contribution in [-0.2, 0) is 0 Å². The van der Waals surface area contributed by atoms with Crippen molar-refractivity contribution in [3.8, 4) is 0 Å². The fourth-order valence-electron chi connectivity index (χ4n) is 2.56. The van der Waals surface area contributed by atoms with E-state index in [0.29, 0.717) is 25.2 Å². The average molecular weight is 294 g/mol. The molecule has 1 aromatic rings. The third-order valence-electron chi connectivity index (χ3n) is 3.62. The second-order valence-electron chi connectivity index (χ2n) is 5.24. The Morgan fingerprint density at radius 1 is 1.43 bits per heavy atom. The van der Waals surface area contributed by atoms with Gasteiger partial charge in [-0.15, -0.1) is 0 Å². The fraction of sp³-hybridized carbons (Fsp3) is 0.429. The largest absolute Gasteiger partial charge is 0.398 e. The Kier molecular flexibility index (Phi) is 4.62. The number of nitrogens with two attached hydrogens (primary N) is 2. The van der Waals surface area contributed by atoms with Gasteiger partial charge in [0.2, 0.25) is 0 Å². The number of anilines is 1. The SMILES string of the molecule is NC(=O)NCC1CCCN(C(=O)c2ccc(F)cc2N)C1. The van der Waals surface area contributed by atoms with E-state index in [1.165, 1.54) is 12.1 Å². The molecule has 6 nitrogen and oxygen atoms in total. The van der Waals surface area contributed by atoms with Crippen molar-refractivity contribution >= 4 is 17.6 Å². The highest BCUT2D eigenvalue weighted by atomic mass is 19.1. The average Bonchev–Trinajstić information content (AvgIpc) is 2.45. The van der Waals surface area contributed by atoms with Crippen molar-refractivity contribution in [3.63, 3.8) is 0 Å². The third kappa shape index (κ3) is 3.84. The highest BCUT2D eigenvalue weighted by Crippen LogP contribution is 2.21. The van der Waals surface area contributed by atoms with Crippen LogP contribution in [0, 0.1) is 11.7 Å². The van der Waals surface area contributed by atoms with Crippen LogP contribution in [0.4, 0.5) is 14.9 Å². The number of amides is 3. The number of nitrogen functional groups attached to an aromatic ring is 1. The standard InChI is InChI=1S/C14H19FN4O2/c15-10-3-4-11(12(16)6-10)13(20)19-5-1-2-9(8-19)7-18-14(17)21/h3-4,6,9H,1-2,5,7-8,16H2,(H3,17,18,21). The number of piperidine rings is 1. The Morgan fingerprint density at radius 3 is 2.86 bits per heavy atom. The number of carbonyl (C=O) groups excluding carboxylic acids is 2. The van der Waals surface area contributed by atoms with Crippen LogP contribution < -0.4 is 16.8 Å². The molecule has 1 aliphatic rings. The Hall–Kier alpha value is -2.31. The molecule has 0 spiro atoms. The number of rotatable bonds is 3. The van der Waals surface area contributed by atoms with Crippen LogP contribution in [0.25, 0.3) is 0 Å². The van der Waals surface area contributed by atoms with E-state index in [-0.39, 0.29) is 17.5 Å². The molecule has 0 aliphatic carbocycles. The molecular weight excluding hydrogens is 275 g/mol. The monoisotopic (exact) mass is 294 g/mol. The second-order valence-corrected chi connectivity index (χ2v) is 5.24. The van der Waals surface area contributed by atoms with Gasteiger partial charge < -0.3 is 21.7 Å². The zero-order chi connectivity index (χ0) is 15.4. The maximum absolute atomic E-state index is 13.0. The molecule has 1 saturated heterocycles. The topological polar surface area (TPSA) is 101 Å². The molecule has 0 bridgehead atoms. The Labute approximate surface area is 122 Å². The maximum atomic E-state index is 13.0. The molecule has 1 aliphatic heterocycles. The van der Waals surface area contributed by atoms with Crippen molar-refractivity contribution < 1.29 is 14.0 Å². The van der Waals surface area contributed by atoms with Crippen molar-refractivity contribution in [1.82, 2.24) is 10.2 Å². The summed E-state index contributed by atoms with van der Waals surface area (Å²) < 4.78 is 13.0. The van der Waals surface area contributed by atoms with Gasteiger partial charge in [-0.1, -0.05) is 0 Å². The van der Waals surface area contributed by atoms with Crippen molar-refractivity contribution in [3.05, 3.63) is 29.6 Å². The summed E-state index contributed by atoms with van der Waals surface area (Å²) in [6, 6.07) is 3.20. The number of nitrogens with zero attached hydrogens (tertiary/aromatic N) is 1. The molecule has 1 atom stereocenters. The number of nitrogens with one attached hydrogen (secondary N) is 1. The van der Waals surface area contributed by atoms with E-state index in [4.69, 9.17) is 11.5 Å². The molecule has 1 unspecified atom stereocenters. The quantitative estimate of drug-likeness (QED) is 0.723. The summed E-state index contributed by atoms with van der Waals surface area (Å²) in [5.41, 5.74) is 11.2. The van der Waals surface area contributed by atoms with Crippen LogP contribution in [-0.4, -0.2) is 36.5 Å². The Morgan fingerprint density at radius 2 is 2.19 bits per heavy atom. The van der Waals surface area contributed by atoms with Crippen molar-refractivity contribution in [2.45, 2.75) is 12.8 Å². The predicted molar refractivity (Wildman–Crippen MR) is 77.0 cm³/mol. The van der Waals surface area contributed by atoms with Gasteiger partial charge in [-0.25, -0.2) is 9.18 Å². The molecule has 0 radical (unpaired) electrons. The molecule has 1 aromatic carbocycles. The van der Waals surface area contributed by atoms with Gasteiger partial charge in [0, 0.05) is 25.3 Å². The highest BCUT2D eigenvalue weighted by Gasteiger charge is 2.25. The maximum Gasteiger partial charge on any atom is 0.312 e. The first-order valence-corrected chi connectivity index (χ1v) is 6.85. The van der Waals surface area contributed by atoms with Gasteiger partial charge >= 0.3 is 6.03 Å². The van der Waals surface area contributed by atoms with E-state index >= 15 is 0 Å². The first kappa shape index (κ1) is 15.1. The zero-order valence-electron chi connectivity index (χ0n) is 11.6. The number of urea groups is 1. The van der Waals surface area contributed by atoms with Gasteiger partial charge in [0.1, 0.15) is 5.82 Å².